The number of para-hydroxylation sites is 1. The standard InChI is InChI=1S/C16H12ClNO/c17-14-7-5-12(6-8-14)9-18-10-13(11-19)15-3-1-2-4-16(15)18/h1-8,10-11H,9H2/i11D. The van der Waals surface area contributed by atoms with Crippen molar-refractivity contribution in [3.63, 3.8) is 0 Å². The van der Waals surface area contributed by atoms with E-state index >= 15 is 0 Å². The van der Waals surface area contributed by atoms with Crippen molar-refractivity contribution in [1.82, 2.24) is 4.57 Å². The molecule has 0 amide bonds. The van der Waals surface area contributed by atoms with Crippen molar-refractivity contribution in [2.24, 2.45) is 0 Å². The SMILES string of the molecule is [2H]C(=O)c1cn(Cc2ccc(Cl)cc2)c2ccccc12. The lowest BCUT2D eigenvalue weighted by atomic mass is 10.2. The second-order valence-electron chi connectivity index (χ2n) is 4.42. The van der Waals surface area contributed by atoms with Gasteiger partial charge in [-0.15, -0.1) is 0 Å². The minimum absolute atomic E-state index is 0.439. The zero-order valence-electron chi connectivity index (χ0n) is 11.1. The van der Waals surface area contributed by atoms with Crippen LogP contribution in [-0.2, 0) is 6.54 Å². The Morgan fingerprint density at radius 3 is 2.63 bits per heavy atom. The van der Waals surface area contributed by atoms with E-state index in [0.717, 1.165) is 16.5 Å². The summed E-state index contributed by atoms with van der Waals surface area (Å²) >= 11 is 5.88. The molecule has 3 rings (SSSR count). The predicted octanol–water partition coefficient (Wildman–Crippen LogP) is 4.16. The molecule has 0 aliphatic rings. The monoisotopic (exact) mass is 270 g/mol. The van der Waals surface area contributed by atoms with Crippen LogP contribution in [0.2, 0.25) is 5.02 Å². The molecule has 2 aromatic carbocycles. The Bertz CT molecular complexity index is 777. The summed E-state index contributed by atoms with van der Waals surface area (Å²) in [6, 6.07) is 15.2. The summed E-state index contributed by atoms with van der Waals surface area (Å²) in [5.74, 6) is 0. The third kappa shape index (κ3) is 2.27. The van der Waals surface area contributed by atoms with Gasteiger partial charge in [0.15, 0.2) is 6.26 Å². The molecule has 2 nitrogen and oxygen atoms in total. The number of rotatable bonds is 3. The van der Waals surface area contributed by atoms with Crippen molar-refractivity contribution in [3.8, 4) is 0 Å². The molecule has 3 heteroatoms. The van der Waals surface area contributed by atoms with Crippen LogP contribution < -0.4 is 0 Å². The maximum atomic E-state index is 11.4. The molecule has 1 aromatic heterocycles. The number of fused-ring (bicyclic) bond motifs is 1. The molecule has 0 bridgehead atoms. The third-order valence-electron chi connectivity index (χ3n) is 3.16. The van der Waals surface area contributed by atoms with Gasteiger partial charge in [0.25, 0.3) is 0 Å². The van der Waals surface area contributed by atoms with Gasteiger partial charge in [-0.3, -0.25) is 4.79 Å². The summed E-state index contributed by atoms with van der Waals surface area (Å²) in [4.78, 5) is 11.4. The zero-order chi connectivity index (χ0) is 14.1. The van der Waals surface area contributed by atoms with E-state index in [1.165, 1.54) is 0 Å². The van der Waals surface area contributed by atoms with Crippen molar-refractivity contribution in [1.29, 1.82) is 0 Å². The molecule has 0 saturated heterocycles. The van der Waals surface area contributed by atoms with Crippen molar-refractivity contribution < 1.29 is 6.17 Å². The van der Waals surface area contributed by atoms with Crippen LogP contribution >= 0.6 is 11.6 Å². The molecular weight excluding hydrogens is 258 g/mol. The maximum absolute atomic E-state index is 11.4. The molecule has 0 radical (unpaired) electrons. The first-order valence-electron chi connectivity index (χ1n) is 6.48. The Hall–Kier alpha value is -2.06. The first kappa shape index (κ1) is 10.8. The molecule has 94 valence electrons. The minimum atomic E-state index is -0.656. The molecule has 0 atom stereocenters. The largest absolute Gasteiger partial charge is 0.342 e. The topological polar surface area (TPSA) is 22.0 Å². The molecule has 0 saturated carbocycles. The molecule has 19 heavy (non-hydrogen) atoms. The van der Waals surface area contributed by atoms with Gasteiger partial charge in [0.1, 0.15) is 1.37 Å². The summed E-state index contributed by atoms with van der Waals surface area (Å²) in [6.07, 6.45) is 1.09. The first-order chi connectivity index (χ1) is 9.65. The quantitative estimate of drug-likeness (QED) is 0.655. The smallest absolute Gasteiger partial charge is 0.152 e. The highest BCUT2D eigenvalue weighted by molar-refractivity contribution is 6.30. The molecular formula is C16H12ClNO. The molecule has 0 aliphatic heterocycles. The fourth-order valence-electron chi connectivity index (χ4n) is 2.25. The summed E-state index contributed by atoms with van der Waals surface area (Å²) < 4.78 is 9.34. The van der Waals surface area contributed by atoms with Crippen molar-refractivity contribution in [2.45, 2.75) is 6.54 Å². The van der Waals surface area contributed by atoms with Crippen molar-refractivity contribution >= 4 is 28.8 Å². The molecule has 0 fully saturated rings. The normalized spacial score (nSPS) is 11.5. The lowest BCUT2D eigenvalue weighted by Gasteiger charge is -2.05. The van der Waals surface area contributed by atoms with Gasteiger partial charge in [-0.2, -0.15) is 0 Å². The number of benzene rings is 2. The highest BCUT2D eigenvalue weighted by Crippen LogP contribution is 2.21. The van der Waals surface area contributed by atoms with Crippen LogP contribution in [0.25, 0.3) is 10.9 Å². The molecule has 0 spiro atoms. The van der Waals surface area contributed by atoms with E-state index in [2.05, 4.69) is 0 Å². The molecule has 0 N–H and O–H groups in total. The van der Waals surface area contributed by atoms with E-state index < -0.39 is 6.26 Å². The molecule has 0 unspecified atom stereocenters. The number of aromatic nitrogens is 1. The Morgan fingerprint density at radius 2 is 1.89 bits per heavy atom. The van der Waals surface area contributed by atoms with Crippen LogP contribution in [0.4, 0.5) is 0 Å². The third-order valence-corrected chi connectivity index (χ3v) is 3.42. The Balaban J connectivity index is 2.07. The second-order valence-corrected chi connectivity index (χ2v) is 4.85. The van der Waals surface area contributed by atoms with Crippen LogP contribution in [0.5, 0.6) is 0 Å². The van der Waals surface area contributed by atoms with Crippen LogP contribution in [0, 0.1) is 0 Å². The highest BCUT2D eigenvalue weighted by atomic mass is 35.5. The van der Waals surface area contributed by atoms with E-state index in [9.17, 15) is 4.79 Å². The predicted molar refractivity (Wildman–Crippen MR) is 77.9 cm³/mol. The number of nitrogens with zero attached hydrogens (tertiary/aromatic N) is 1. The van der Waals surface area contributed by atoms with Gasteiger partial charge in [0, 0.05) is 34.2 Å². The number of aldehydes is 1. The lowest BCUT2D eigenvalue weighted by molar-refractivity contribution is 0.112. The summed E-state index contributed by atoms with van der Waals surface area (Å²) in [7, 11) is 0. The second kappa shape index (κ2) is 4.90. The van der Waals surface area contributed by atoms with Gasteiger partial charge >= 0.3 is 0 Å². The summed E-state index contributed by atoms with van der Waals surface area (Å²) in [5.41, 5.74) is 2.49. The van der Waals surface area contributed by atoms with Gasteiger partial charge < -0.3 is 4.57 Å². The summed E-state index contributed by atoms with van der Waals surface area (Å²) in [6.45, 7) is 0.644. The Morgan fingerprint density at radius 1 is 1.16 bits per heavy atom. The van der Waals surface area contributed by atoms with E-state index in [4.69, 9.17) is 13.0 Å². The zero-order valence-corrected chi connectivity index (χ0v) is 10.9. The van der Waals surface area contributed by atoms with Crippen LogP contribution in [0.15, 0.2) is 54.7 Å². The van der Waals surface area contributed by atoms with E-state index in [1.54, 1.807) is 6.20 Å². The van der Waals surface area contributed by atoms with Gasteiger partial charge in [-0.05, 0) is 23.8 Å². The van der Waals surface area contributed by atoms with Crippen LogP contribution in [0.3, 0.4) is 0 Å². The molecule has 0 aliphatic carbocycles. The van der Waals surface area contributed by atoms with Crippen molar-refractivity contribution in [3.05, 3.63) is 70.9 Å². The fraction of sp³-hybridized carbons (Fsp3) is 0.0625. The molecule has 1 heterocycles. The number of carbonyl (C=O) groups is 1. The Labute approximate surface area is 117 Å². The highest BCUT2D eigenvalue weighted by Gasteiger charge is 2.07. The van der Waals surface area contributed by atoms with Gasteiger partial charge in [0.05, 0.1) is 0 Å². The number of hydrogen-bond acceptors (Lipinski definition) is 1. The van der Waals surface area contributed by atoms with E-state index in [1.807, 2.05) is 53.1 Å². The Kier molecular flexibility index (Phi) is 2.79. The maximum Gasteiger partial charge on any atom is 0.152 e. The van der Waals surface area contributed by atoms with Crippen LogP contribution in [0.1, 0.15) is 17.3 Å². The number of carbonyl (C=O) groups excluding carboxylic acids is 1. The first-order valence-corrected chi connectivity index (χ1v) is 6.36. The number of hydrogen-bond donors (Lipinski definition) is 0. The van der Waals surface area contributed by atoms with Crippen molar-refractivity contribution in [2.75, 3.05) is 0 Å². The van der Waals surface area contributed by atoms with Crippen LogP contribution in [-0.4, -0.2) is 10.8 Å². The van der Waals surface area contributed by atoms with Gasteiger partial charge in [-0.25, -0.2) is 0 Å². The number of halogens is 1. The molecule has 3 aromatic rings. The van der Waals surface area contributed by atoms with Gasteiger partial charge in [0.2, 0.25) is 0 Å². The summed E-state index contributed by atoms with van der Waals surface area (Å²) in [5, 5.41) is 1.52. The van der Waals surface area contributed by atoms with E-state index in [-0.39, 0.29) is 0 Å². The lowest BCUT2D eigenvalue weighted by Crippen LogP contribution is -1.97. The minimum Gasteiger partial charge on any atom is -0.342 e. The van der Waals surface area contributed by atoms with Gasteiger partial charge in [-0.1, -0.05) is 41.9 Å². The average molecular weight is 271 g/mol. The average Bonchev–Trinajstić information content (AvgIpc) is 2.81. The fourth-order valence-corrected chi connectivity index (χ4v) is 2.37. The van der Waals surface area contributed by atoms with E-state index in [0.29, 0.717) is 17.1 Å².